The quantitative estimate of drug-likeness (QED) is 0.593. The van der Waals surface area contributed by atoms with Gasteiger partial charge >= 0.3 is 0 Å². The molecule has 6 nitrogen and oxygen atoms in total. The van der Waals surface area contributed by atoms with Crippen LogP contribution in [0.1, 0.15) is 38.7 Å². The molecule has 2 unspecified atom stereocenters. The predicted molar refractivity (Wildman–Crippen MR) is 108 cm³/mol. The van der Waals surface area contributed by atoms with Gasteiger partial charge in [0.15, 0.2) is 5.96 Å². The van der Waals surface area contributed by atoms with Gasteiger partial charge < -0.3 is 20.3 Å². The van der Waals surface area contributed by atoms with E-state index in [0.29, 0.717) is 25.4 Å². The molecule has 2 N–H and O–H groups in total. The first-order valence-corrected chi connectivity index (χ1v) is 10.2. The van der Waals surface area contributed by atoms with Gasteiger partial charge in [0.05, 0.1) is 6.54 Å². The van der Waals surface area contributed by atoms with Crippen molar-refractivity contribution in [2.45, 2.75) is 45.6 Å². The summed E-state index contributed by atoms with van der Waals surface area (Å²) in [5.41, 5.74) is 1.25. The van der Waals surface area contributed by atoms with E-state index in [-0.39, 0.29) is 12.0 Å². The number of nitrogens with one attached hydrogen (secondary N) is 2. The highest BCUT2D eigenvalue weighted by molar-refractivity contribution is 5.81. The number of benzene rings is 1. The number of likely N-dealkylation sites (tertiary alicyclic amines) is 1. The molecule has 1 aromatic rings. The van der Waals surface area contributed by atoms with Gasteiger partial charge in [0.25, 0.3) is 0 Å². The Kier molecular flexibility index (Phi) is 6.96. The van der Waals surface area contributed by atoms with Crippen LogP contribution in [-0.2, 0) is 11.2 Å². The van der Waals surface area contributed by atoms with Crippen molar-refractivity contribution in [3.63, 3.8) is 0 Å². The Labute approximate surface area is 162 Å². The molecule has 6 heteroatoms. The first kappa shape index (κ1) is 19.5. The lowest BCUT2D eigenvalue weighted by molar-refractivity contribution is -0.132. The minimum absolute atomic E-state index is 0.0781. The Balaban J connectivity index is 1.43. The number of fused-ring (bicyclic) bond motifs is 1. The van der Waals surface area contributed by atoms with Crippen molar-refractivity contribution >= 4 is 11.9 Å². The van der Waals surface area contributed by atoms with Crippen molar-refractivity contribution in [2.24, 2.45) is 10.9 Å². The second kappa shape index (κ2) is 9.62. The molecule has 1 aromatic carbocycles. The van der Waals surface area contributed by atoms with Crippen molar-refractivity contribution in [2.75, 3.05) is 32.7 Å². The topological polar surface area (TPSA) is 66.0 Å². The third kappa shape index (κ3) is 5.62. The second-order valence-electron chi connectivity index (χ2n) is 7.54. The van der Waals surface area contributed by atoms with Gasteiger partial charge in [-0.15, -0.1) is 0 Å². The van der Waals surface area contributed by atoms with Gasteiger partial charge in [-0.2, -0.15) is 0 Å². The molecule has 2 aliphatic rings. The maximum atomic E-state index is 12.4. The molecule has 1 fully saturated rings. The van der Waals surface area contributed by atoms with Gasteiger partial charge in [0, 0.05) is 39.0 Å². The third-order valence-electron chi connectivity index (χ3n) is 5.15. The average Bonchev–Trinajstić information content (AvgIpc) is 3.09. The maximum absolute atomic E-state index is 12.4. The smallest absolute Gasteiger partial charge is 0.224 e. The van der Waals surface area contributed by atoms with E-state index in [1.54, 1.807) is 0 Å². The zero-order chi connectivity index (χ0) is 19.1. The molecule has 1 saturated heterocycles. The number of guanidine groups is 1. The van der Waals surface area contributed by atoms with Crippen LogP contribution in [0.5, 0.6) is 5.75 Å². The number of carbonyl (C=O) groups excluding carboxylic acids is 1. The second-order valence-corrected chi connectivity index (χ2v) is 7.54. The molecule has 0 saturated carbocycles. The molecular formula is C21H32N4O2. The summed E-state index contributed by atoms with van der Waals surface area (Å²) in [4.78, 5) is 19.0. The number of nitrogens with zero attached hydrogens (tertiary/aromatic N) is 2. The van der Waals surface area contributed by atoms with Crippen LogP contribution in [0.25, 0.3) is 0 Å². The Morgan fingerprint density at radius 3 is 2.96 bits per heavy atom. The van der Waals surface area contributed by atoms with E-state index < -0.39 is 0 Å². The minimum atomic E-state index is 0.0781. The fourth-order valence-corrected chi connectivity index (χ4v) is 3.75. The Morgan fingerprint density at radius 1 is 1.33 bits per heavy atom. The standard InChI is InChI=1S/C21H32N4O2/c1-3-22-21(23-11-10-20(26)25-12-6-7-16(2)15-25)24-14-18-13-17-8-4-5-9-19(17)27-18/h4-5,8-9,16,18H,3,6-7,10-15H2,1-2H3,(H2,22,23,24). The molecule has 0 aromatic heterocycles. The van der Waals surface area contributed by atoms with E-state index in [1.807, 2.05) is 30.0 Å². The summed E-state index contributed by atoms with van der Waals surface area (Å²) in [6.07, 6.45) is 3.82. The molecule has 27 heavy (non-hydrogen) atoms. The van der Waals surface area contributed by atoms with Crippen molar-refractivity contribution < 1.29 is 9.53 Å². The number of para-hydroxylation sites is 1. The molecule has 2 atom stereocenters. The normalized spacial score (nSPS) is 22.1. The SMILES string of the molecule is CCNC(=NCC1Cc2ccccc2O1)NCCC(=O)N1CCCC(C)C1. The van der Waals surface area contributed by atoms with Gasteiger partial charge in [-0.25, -0.2) is 4.99 Å². The van der Waals surface area contributed by atoms with Crippen LogP contribution in [-0.4, -0.2) is 55.6 Å². The summed E-state index contributed by atoms with van der Waals surface area (Å²) in [7, 11) is 0. The minimum Gasteiger partial charge on any atom is -0.488 e. The molecule has 1 amide bonds. The number of ether oxygens (including phenoxy) is 1. The van der Waals surface area contributed by atoms with E-state index in [9.17, 15) is 4.79 Å². The van der Waals surface area contributed by atoms with E-state index in [0.717, 1.165) is 44.2 Å². The monoisotopic (exact) mass is 372 g/mol. The zero-order valence-corrected chi connectivity index (χ0v) is 16.5. The Hall–Kier alpha value is -2.24. The molecule has 0 spiro atoms. The zero-order valence-electron chi connectivity index (χ0n) is 16.5. The first-order chi connectivity index (χ1) is 13.2. The van der Waals surface area contributed by atoms with E-state index in [1.165, 1.54) is 12.0 Å². The van der Waals surface area contributed by atoms with Gasteiger partial charge in [0.1, 0.15) is 11.9 Å². The van der Waals surface area contributed by atoms with Crippen LogP contribution in [0.15, 0.2) is 29.3 Å². The molecule has 2 aliphatic heterocycles. The number of piperidine rings is 1. The van der Waals surface area contributed by atoms with Crippen molar-refractivity contribution in [1.29, 1.82) is 0 Å². The average molecular weight is 373 g/mol. The van der Waals surface area contributed by atoms with Crippen LogP contribution in [0.2, 0.25) is 0 Å². The van der Waals surface area contributed by atoms with Crippen LogP contribution in [0.4, 0.5) is 0 Å². The summed E-state index contributed by atoms with van der Waals surface area (Å²) in [5.74, 6) is 2.57. The highest BCUT2D eigenvalue weighted by Crippen LogP contribution is 2.28. The molecule has 3 rings (SSSR count). The van der Waals surface area contributed by atoms with Crippen molar-refractivity contribution in [3.05, 3.63) is 29.8 Å². The molecule has 0 aliphatic carbocycles. The summed E-state index contributed by atoms with van der Waals surface area (Å²) in [6.45, 7) is 8.04. The van der Waals surface area contributed by atoms with Gasteiger partial charge in [0.2, 0.25) is 5.91 Å². The molecule has 0 bridgehead atoms. The lowest BCUT2D eigenvalue weighted by atomic mass is 10.00. The highest BCUT2D eigenvalue weighted by atomic mass is 16.5. The molecule has 0 radical (unpaired) electrons. The maximum Gasteiger partial charge on any atom is 0.224 e. The summed E-state index contributed by atoms with van der Waals surface area (Å²) in [5, 5.41) is 6.53. The van der Waals surface area contributed by atoms with Crippen LogP contribution in [0.3, 0.4) is 0 Å². The molecule has 2 heterocycles. The van der Waals surface area contributed by atoms with Gasteiger partial charge in [-0.1, -0.05) is 25.1 Å². The van der Waals surface area contributed by atoms with Crippen LogP contribution in [0, 0.1) is 5.92 Å². The third-order valence-corrected chi connectivity index (χ3v) is 5.15. The molecule has 148 valence electrons. The lowest BCUT2D eigenvalue weighted by Crippen LogP contribution is -2.42. The van der Waals surface area contributed by atoms with Crippen molar-refractivity contribution in [1.82, 2.24) is 15.5 Å². The van der Waals surface area contributed by atoms with Gasteiger partial charge in [-0.3, -0.25) is 4.79 Å². The highest BCUT2D eigenvalue weighted by Gasteiger charge is 2.22. The fourth-order valence-electron chi connectivity index (χ4n) is 3.75. The summed E-state index contributed by atoms with van der Waals surface area (Å²) < 4.78 is 5.94. The number of hydrogen-bond donors (Lipinski definition) is 2. The van der Waals surface area contributed by atoms with Crippen LogP contribution < -0.4 is 15.4 Å². The molecular weight excluding hydrogens is 340 g/mol. The number of aliphatic imine (C=N–C) groups is 1. The van der Waals surface area contributed by atoms with Gasteiger partial charge in [-0.05, 0) is 37.3 Å². The number of hydrogen-bond acceptors (Lipinski definition) is 3. The summed E-state index contributed by atoms with van der Waals surface area (Å²) in [6, 6.07) is 8.15. The Morgan fingerprint density at radius 2 is 2.19 bits per heavy atom. The fraction of sp³-hybridized carbons (Fsp3) is 0.619. The van der Waals surface area contributed by atoms with Crippen LogP contribution >= 0.6 is 0 Å². The first-order valence-electron chi connectivity index (χ1n) is 10.2. The number of amides is 1. The number of rotatable bonds is 6. The lowest BCUT2D eigenvalue weighted by Gasteiger charge is -2.31. The predicted octanol–water partition coefficient (Wildman–Crippen LogP) is 2.19. The van der Waals surface area contributed by atoms with E-state index >= 15 is 0 Å². The summed E-state index contributed by atoms with van der Waals surface area (Å²) >= 11 is 0. The van der Waals surface area contributed by atoms with Crippen molar-refractivity contribution in [3.8, 4) is 5.75 Å². The largest absolute Gasteiger partial charge is 0.488 e. The Bertz CT molecular complexity index is 636. The number of carbonyl (C=O) groups is 1. The van der Waals surface area contributed by atoms with E-state index in [2.05, 4.69) is 28.6 Å². The van der Waals surface area contributed by atoms with E-state index in [4.69, 9.17) is 4.74 Å².